The number of hydrogen-bond acceptors (Lipinski definition) is 4. The third-order valence-electron chi connectivity index (χ3n) is 3.41. The number of thiazole rings is 1. The zero-order chi connectivity index (χ0) is 12.4. The second-order valence-corrected chi connectivity index (χ2v) is 5.49. The van der Waals surface area contributed by atoms with Crippen molar-refractivity contribution in [3.8, 4) is 0 Å². The summed E-state index contributed by atoms with van der Waals surface area (Å²) in [7, 11) is 0. The Morgan fingerprint density at radius 1 is 1.44 bits per heavy atom. The smallest absolute Gasteiger partial charge is 0.304 e. The normalized spacial score (nSPS) is 17.1. The van der Waals surface area contributed by atoms with E-state index in [9.17, 15) is 4.79 Å². The Kier molecular flexibility index (Phi) is 3.29. The molecule has 0 amide bonds. The molecule has 2 N–H and O–H groups in total. The van der Waals surface area contributed by atoms with Crippen LogP contribution < -0.4 is 10.2 Å². The second kappa shape index (κ2) is 5.07. The summed E-state index contributed by atoms with van der Waals surface area (Å²) in [5, 5.41) is 5.26. The zero-order valence-electron chi connectivity index (χ0n) is 10.1. The Hall–Kier alpha value is -1.40. The van der Waals surface area contributed by atoms with Gasteiger partial charge in [-0.25, -0.2) is 4.98 Å². The molecule has 0 aromatic carbocycles. The van der Waals surface area contributed by atoms with Gasteiger partial charge in [0, 0.05) is 28.9 Å². The van der Waals surface area contributed by atoms with Gasteiger partial charge in [-0.3, -0.25) is 4.79 Å². The van der Waals surface area contributed by atoms with Gasteiger partial charge in [0.1, 0.15) is 0 Å². The molecular weight excluding hydrogens is 248 g/mol. The number of H-pyrrole nitrogens is 1. The molecule has 0 unspecified atom stereocenters. The predicted molar refractivity (Wildman–Crippen MR) is 71.1 cm³/mol. The van der Waals surface area contributed by atoms with Crippen LogP contribution in [0.25, 0.3) is 0 Å². The fraction of sp³-hybridized carbons (Fsp3) is 0.500. The van der Waals surface area contributed by atoms with Crippen LogP contribution in [0.3, 0.4) is 0 Å². The summed E-state index contributed by atoms with van der Waals surface area (Å²) in [4.78, 5) is 18.2. The van der Waals surface area contributed by atoms with Crippen molar-refractivity contribution in [2.75, 3.05) is 13.1 Å². The minimum Gasteiger partial charge on any atom is -0.328 e. The molecule has 2 aromatic heterocycles. The van der Waals surface area contributed by atoms with Gasteiger partial charge < -0.3 is 14.9 Å². The molecule has 96 valence electrons. The summed E-state index contributed by atoms with van der Waals surface area (Å²) < 4.78 is 2.15. The molecule has 6 heteroatoms. The fourth-order valence-electron chi connectivity index (χ4n) is 2.50. The lowest BCUT2D eigenvalue weighted by molar-refractivity contribution is 0.442. The van der Waals surface area contributed by atoms with Gasteiger partial charge in [0.15, 0.2) is 0 Å². The summed E-state index contributed by atoms with van der Waals surface area (Å²) in [5.41, 5.74) is 2.24. The summed E-state index contributed by atoms with van der Waals surface area (Å²) in [6, 6.07) is 0. The van der Waals surface area contributed by atoms with Crippen LogP contribution in [0.5, 0.6) is 0 Å². The molecule has 1 aliphatic rings. The number of hydrogen-bond donors (Lipinski definition) is 2. The molecule has 2 aromatic rings. The average molecular weight is 264 g/mol. The van der Waals surface area contributed by atoms with Gasteiger partial charge in [0.2, 0.25) is 0 Å². The van der Waals surface area contributed by atoms with Crippen molar-refractivity contribution in [1.29, 1.82) is 0 Å². The van der Waals surface area contributed by atoms with Crippen LogP contribution in [0.15, 0.2) is 22.7 Å². The van der Waals surface area contributed by atoms with E-state index in [1.54, 1.807) is 0 Å². The number of nitrogens with zero attached hydrogens (tertiary/aromatic N) is 2. The van der Waals surface area contributed by atoms with Gasteiger partial charge >= 0.3 is 4.87 Å². The Morgan fingerprint density at radius 3 is 3.00 bits per heavy atom. The third kappa shape index (κ3) is 2.39. The second-order valence-electron chi connectivity index (χ2n) is 4.64. The largest absolute Gasteiger partial charge is 0.328 e. The van der Waals surface area contributed by atoms with E-state index in [4.69, 9.17) is 0 Å². The Labute approximate surface area is 109 Å². The van der Waals surface area contributed by atoms with Crippen molar-refractivity contribution in [3.63, 3.8) is 0 Å². The maximum absolute atomic E-state index is 11.1. The van der Waals surface area contributed by atoms with Crippen LogP contribution in [-0.4, -0.2) is 27.6 Å². The number of nitrogens with one attached hydrogen (secondary N) is 2. The number of aromatic nitrogens is 3. The molecule has 3 heterocycles. The van der Waals surface area contributed by atoms with E-state index >= 15 is 0 Å². The summed E-state index contributed by atoms with van der Waals surface area (Å²) >= 11 is 1.21. The van der Waals surface area contributed by atoms with Crippen molar-refractivity contribution in [1.82, 2.24) is 19.9 Å². The fourth-order valence-corrected chi connectivity index (χ4v) is 3.07. The molecule has 0 saturated carbocycles. The van der Waals surface area contributed by atoms with Gasteiger partial charge in [-0.1, -0.05) is 11.3 Å². The SMILES string of the molecule is O=c1[nH]c(Cn2cncc2C2CCNCC2)cs1. The predicted octanol–water partition coefficient (Wildman–Crippen LogP) is 1.15. The van der Waals surface area contributed by atoms with Gasteiger partial charge in [-0.05, 0) is 25.9 Å². The van der Waals surface area contributed by atoms with Gasteiger partial charge in [-0.15, -0.1) is 0 Å². The molecule has 3 rings (SSSR count). The van der Waals surface area contributed by atoms with Crippen molar-refractivity contribution < 1.29 is 0 Å². The van der Waals surface area contributed by atoms with Gasteiger partial charge in [0.05, 0.1) is 12.9 Å². The molecule has 18 heavy (non-hydrogen) atoms. The van der Waals surface area contributed by atoms with Crippen LogP contribution in [-0.2, 0) is 6.54 Å². The standard InChI is InChI=1S/C12H16N4OS/c17-12-15-10(7-18-12)6-16-8-14-5-11(16)9-1-3-13-4-2-9/h5,7-9,13H,1-4,6H2,(H,15,17). The van der Waals surface area contributed by atoms with Crippen LogP contribution >= 0.6 is 11.3 Å². The first kappa shape index (κ1) is 11.7. The first-order chi connectivity index (χ1) is 8.83. The minimum absolute atomic E-state index is 0.00790. The molecular formula is C12H16N4OS. The topological polar surface area (TPSA) is 62.7 Å². The zero-order valence-corrected chi connectivity index (χ0v) is 10.9. The lowest BCUT2D eigenvalue weighted by Gasteiger charge is -2.23. The maximum Gasteiger partial charge on any atom is 0.304 e. The molecule has 0 aliphatic carbocycles. The Balaban J connectivity index is 1.80. The maximum atomic E-state index is 11.1. The lowest BCUT2D eigenvalue weighted by Crippen LogP contribution is -2.27. The summed E-state index contributed by atoms with van der Waals surface area (Å²) in [6.07, 6.45) is 6.13. The van der Waals surface area contributed by atoms with Crippen LogP contribution in [0.4, 0.5) is 0 Å². The number of piperidine rings is 1. The highest BCUT2D eigenvalue weighted by Gasteiger charge is 2.18. The minimum atomic E-state index is 0.00790. The number of rotatable bonds is 3. The van der Waals surface area contributed by atoms with Crippen molar-refractivity contribution in [3.05, 3.63) is 39.0 Å². The molecule has 0 radical (unpaired) electrons. The highest BCUT2D eigenvalue weighted by atomic mass is 32.1. The van der Waals surface area contributed by atoms with Crippen LogP contribution in [0, 0.1) is 0 Å². The Morgan fingerprint density at radius 2 is 2.28 bits per heavy atom. The van der Waals surface area contributed by atoms with E-state index in [2.05, 4.69) is 19.9 Å². The monoisotopic (exact) mass is 264 g/mol. The molecule has 1 fully saturated rings. The van der Waals surface area contributed by atoms with Crippen molar-refractivity contribution >= 4 is 11.3 Å². The highest BCUT2D eigenvalue weighted by molar-refractivity contribution is 7.07. The van der Waals surface area contributed by atoms with E-state index in [0.717, 1.165) is 31.6 Å². The molecule has 1 saturated heterocycles. The van der Waals surface area contributed by atoms with Gasteiger partial charge in [0.25, 0.3) is 0 Å². The van der Waals surface area contributed by atoms with E-state index in [0.29, 0.717) is 12.5 Å². The summed E-state index contributed by atoms with van der Waals surface area (Å²) in [5.74, 6) is 0.583. The quantitative estimate of drug-likeness (QED) is 0.874. The molecule has 0 bridgehead atoms. The van der Waals surface area contributed by atoms with E-state index in [1.807, 2.05) is 17.9 Å². The van der Waals surface area contributed by atoms with Crippen molar-refractivity contribution in [2.24, 2.45) is 0 Å². The van der Waals surface area contributed by atoms with E-state index < -0.39 is 0 Å². The van der Waals surface area contributed by atoms with Gasteiger partial charge in [-0.2, -0.15) is 0 Å². The molecule has 1 aliphatic heterocycles. The van der Waals surface area contributed by atoms with Crippen LogP contribution in [0.2, 0.25) is 0 Å². The average Bonchev–Trinajstić information content (AvgIpc) is 3.00. The third-order valence-corrected chi connectivity index (χ3v) is 4.13. The summed E-state index contributed by atoms with van der Waals surface area (Å²) in [6.45, 7) is 2.86. The number of aromatic amines is 1. The van der Waals surface area contributed by atoms with Crippen LogP contribution in [0.1, 0.15) is 30.1 Å². The molecule has 5 nitrogen and oxygen atoms in total. The van der Waals surface area contributed by atoms with Crippen molar-refractivity contribution in [2.45, 2.75) is 25.3 Å². The van der Waals surface area contributed by atoms with E-state index in [1.165, 1.54) is 17.0 Å². The number of imidazole rings is 1. The first-order valence-corrected chi connectivity index (χ1v) is 7.08. The van der Waals surface area contributed by atoms with E-state index in [-0.39, 0.29) is 4.87 Å². The highest BCUT2D eigenvalue weighted by Crippen LogP contribution is 2.25. The Bertz CT molecular complexity index is 564. The molecule has 0 atom stereocenters. The lowest BCUT2D eigenvalue weighted by atomic mass is 9.95. The molecule has 0 spiro atoms. The first-order valence-electron chi connectivity index (χ1n) is 6.20.